The lowest BCUT2D eigenvalue weighted by Crippen LogP contribution is -2.47. The molecule has 0 aromatic rings. The minimum Gasteiger partial charge on any atom is -0.385 e. The minimum atomic E-state index is 0.379. The third-order valence-corrected chi connectivity index (χ3v) is 3.56. The summed E-state index contributed by atoms with van der Waals surface area (Å²) >= 11 is 0. The van der Waals surface area contributed by atoms with E-state index in [-0.39, 0.29) is 0 Å². The van der Waals surface area contributed by atoms with Crippen LogP contribution in [-0.2, 0) is 4.74 Å². The molecule has 1 fully saturated rings. The Kier molecular flexibility index (Phi) is 5.62. The van der Waals surface area contributed by atoms with E-state index in [9.17, 15) is 0 Å². The molecule has 2 nitrogen and oxygen atoms in total. The van der Waals surface area contributed by atoms with Gasteiger partial charge >= 0.3 is 0 Å². The first-order chi connectivity index (χ1) is 7.16. The van der Waals surface area contributed by atoms with Crippen molar-refractivity contribution in [3.63, 3.8) is 0 Å². The first-order valence-corrected chi connectivity index (χ1v) is 6.43. The largest absolute Gasteiger partial charge is 0.385 e. The molecule has 0 spiro atoms. The molecule has 2 heteroatoms. The van der Waals surface area contributed by atoms with Crippen LogP contribution in [0, 0.1) is 0 Å². The predicted molar refractivity (Wildman–Crippen MR) is 65.2 cm³/mol. The van der Waals surface area contributed by atoms with E-state index >= 15 is 0 Å². The van der Waals surface area contributed by atoms with Gasteiger partial charge in [0.05, 0.1) is 0 Å². The molecule has 15 heavy (non-hydrogen) atoms. The quantitative estimate of drug-likeness (QED) is 0.709. The zero-order valence-corrected chi connectivity index (χ0v) is 10.6. The molecule has 1 aliphatic rings. The Balaban J connectivity index is 2.32. The molecule has 0 aliphatic heterocycles. The van der Waals surface area contributed by atoms with Crippen LogP contribution in [0.3, 0.4) is 0 Å². The average molecular weight is 213 g/mol. The van der Waals surface area contributed by atoms with Crippen molar-refractivity contribution in [3.8, 4) is 0 Å². The van der Waals surface area contributed by atoms with Gasteiger partial charge in [0.1, 0.15) is 0 Å². The Labute approximate surface area is 94.8 Å². The summed E-state index contributed by atoms with van der Waals surface area (Å²) in [5.74, 6) is 0. The molecule has 0 aromatic carbocycles. The van der Waals surface area contributed by atoms with Crippen molar-refractivity contribution in [2.24, 2.45) is 0 Å². The molecule has 1 rings (SSSR count). The topological polar surface area (TPSA) is 21.3 Å². The molecule has 1 N–H and O–H groups in total. The molecule has 0 aromatic heterocycles. The van der Waals surface area contributed by atoms with E-state index in [0.29, 0.717) is 11.6 Å². The Morgan fingerprint density at radius 1 is 1.20 bits per heavy atom. The molecule has 0 amide bonds. The van der Waals surface area contributed by atoms with Gasteiger partial charge in [-0.25, -0.2) is 0 Å². The third kappa shape index (κ3) is 4.98. The monoisotopic (exact) mass is 213 g/mol. The Morgan fingerprint density at radius 2 is 1.80 bits per heavy atom. The summed E-state index contributed by atoms with van der Waals surface area (Å²) in [7, 11) is 1.78. The molecule has 1 aliphatic carbocycles. The van der Waals surface area contributed by atoms with E-state index < -0.39 is 0 Å². The van der Waals surface area contributed by atoms with Crippen molar-refractivity contribution in [1.29, 1.82) is 0 Å². The van der Waals surface area contributed by atoms with Gasteiger partial charge in [-0.3, -0.25) is 0 Å². The number of hydrogen-bond donors (Lipinski definition) is 1. The number of methoxy groups -OCH3 is 1. The lowest BCUT2D eigenvalue weighted by Gasteiger charge is -2.33. The molecular weight excluding hydrogens is 186 g/mol. The summed E-state index contributed by atoms with van der Waals surface area (Å²) in [5.41, 5.74) is 0.379. The predicted octanol–water partition coefficient (Wildman–Crippen LogP) is 3.11. The van der Waals surface area contributed by atoms with Crippen LogP contribution in [0.5, 0.6) is 0 Å². The maximum absolute atomic E-state index is 5.12. The molecule has 1 atom stereocenters. The van der Waals surface area contributed by atoms with Gasteiger partial charge in [0, 0.05) is 25.3 Å². The lowest BCUT2D eigenvalue weighted by atomic mass is 9.91. The van der Waals surface area contributed by atoms with Crippen molar-refractivity contribution in [1.82, 2.24) is 5.32 Å². The van der Waals surface area contributed by atoms with Crippen LogP contribution < -0.4 is 5.32 Å². The Morgan fingerprint density at radius 3 is 2.33 bits per heavy atom. The van der Waals surface area contributed by atoms with Crippen LogP contribution in [0.4, 0.5) is 0 Å². The molecule has 0 heterocycles. The number of ether oxygens (including phenoxy) is 1. The zero-order valence-electron chi connectivity index (χ0n) is 10.6. The minimum absolute atomic E-state index is 0.379. The van der Waals surface area contributed by atoms with Crippen molar-refractivity contribution < 1.29 is 4.74 Å². The maximum atomic E-state index is 5.12. The van der Waals surface area contributed by atoms with Crippen LogP contribution in [0.25, 0.3) is 0 Å². The maximum Gasteiger partial charge on any atom is 0.0476 e. The fourth-order valence-corrected chi connectivity index (χ4v) is 2.61. The molecule has 1 unspecified atom stereocenters. The van der Waals surface area contributed by atoms with Gasteiger partial charge in [0.15, 0.2) is 0 Å². The first kappa shape index (κ1) is 13.0. The molecule has 0 bridgehead atoms. The van der Waals surface area contributed by atoms with E-state index in [4.69, 9.17) is 4.74 Å². The molecule has 0 saturated heterocycles. The summed E-state index contributed by atoms with van der Waals surface area (Å²) in [6, 6.07) is 0.577. The van der Waals surface area contributed by atoms with E-state index in [1.54, 1.807) is 7.11 Å². The second-order valence-electron chi connectivity index (χ2n) is 5.30. The van der Waals surface area contributed by atoms with Crippen molar-refractivity contribution in [2.75, 3.05) is 13.7 Å². The van der Waals surface area contributed by atoms with Crippen LogP contribution >= 0.6 is 0 Å². The Bertz CT molecular complexity index is 162. The van der Waals surface area contributed by atoms with Crippen LogP contribution in [0.15, 0.2) is 0 Å². The van der Waals surface area contributed by atoms with Gasteiger partial charge in [-0.05, 0) is 33.1 Å². The van der Waals surface area contributed by atoms with Crippen molar-refractivity contribution in [2.45, 2.75) is 70.4 Å². The van der Waals surface area contributed by atoms with Crippen molar-refractivity contribution >= 4 is 0 Å². The van der Waals surface area contributed by atoms with Crippen molar-refractivity contribution in [3.05, 3.63) is 0 Å². The summed E-state index contributed by atoms with van der Waals surface area (Å²) in [5, 5.41) is 3.79. The normalized spacial score (nSPS) is 23.4. The van der Waals surface area contributed by atoms with Gasteiger partial charge in [-0.1, -0.05) is 25.7 Å². The fraction of sp³-hybridized carbons (Fsp3) is 1.00. The Hall–Kier alpha value is -0.0800. The second-order valence-corrected chi connectivity index (χ2v) is 5.30. The smallest absolute Gasteiger partial charge is 0.0476 e. The van der Waals surface area contributed by atoms with Crippen LogP contribution in [0.2, 0.25) is 0 Å². The fourth-order valence-electron chi connectivity index (χ4n) is 2.61. The summed E-state index contributed by atoms with van der Waals surface area (Å²) < 4.78 is 5.12. The van der Waals surface area contributed by atoms with Gasteiger partial charge < -0.3 is 10.1 Å². The van der Waals surface area contributed by atoms with E-state index in [1.807, 2.05) is 0 Å². The highest BCUT2D eigenvalue weighted by atomic mass is 16.5. The van der Waals surface area contributed by atoms with Gasteiger partial charge in [0.25, 0.3) is 0 Å². The van der Waals surface area contributed by atoms with Gasteiger partial charge in [0.2, 0.25) is 0 Å². The zero-order chi connectivity index (χ0) is 11.1. The highest BCUT2D eigenvalue weighted by molar-refractivity contribution is 4.87. The van der Waals surface area contributed by atoms with Crippen LogP contribution in [0.1, 0.15) is 58.8 Å². The van der Waals surface area contributed by atoms with E-state index in [0.717, 1.165) is 13.0 Å². The SMILES string of the molecule is COCCC(C)NC1(C)CCCCCC1. The lowest BCUT2D eigenvalue weighted by molar-refractivity contribution is 0.173. The summed E-state index contributed by atoms with van der Waals surface area (Å²) in [6.45, 7) is 5.53. The third-order valence-electron chi connectivity index (χ3n) is 3.56. The number of nitrogens with one attached hydrogen (secondary N) is 1. The number of hydrogen-bond acceptors (Lipinski definition) is 2. The van der Waals surface area contributed by atoms with E-state index in [2.05, 4.69) is 19.2 Å². The van der Waals surface area contributed by atoms with Gasteiger partial charge in [-0.2, -0.15) is 0 Å². The highest BCUT2D eigenvalue weighted by Crippen LogP contribution is 2.27. The molecule has 90 valence electrons. The average Bonchev–Trinajstić information content (AvgIpc) is 2.40. The molecule has 0 radical (unpaired) electrons. The van der Waals surface area contributed by atoms with Crippen LogP contribution in [-0.4, -0.2) is 25.3 Å². The standard InChI is InChI=1S/C13H27NO/c1-12(8-11-15-3)14-13(2)9-6-4-5-7-10-13/h12,14H,4-11H2,1-3H3. The van der Waals surface area contributed by atoms with E-state index in [1.165, 1.54) is 38.5 Å². The molecular formula is C13H27NO. The number of rotatable bonds is 5. The summed E-state index contributed by atoms with van der Waals surface area (Å²) in [4.78, 5) is 0. The second kappa shape index (κ2) is 6.49. The van der Waals surface area contributed by atoms with Gasteiger partial charge in [-0.15, -0.1) is 0 Å². The first-order valence-electron chi connectivity index (χ1n) is 6.43. The highest BCUT2D eigenvalue weighted by Gasteiger charge is 2.26. The summed E-state index contributed by atoms with van der Waals surface area (Å²) in [6.07, 6.45) is 9.41. The molecule has 1 saturated carbocycles.